The molecule has 2 aliphatic carbocycles. The third-order valence-corrected chi connectivity index (χ3v) is 13.5. The van der Waals surface area contributed by atoms with E-state index in [0.29, 0.717) is 5.92 Å². The monoisotopic (exact) mass is 772 g/mol. The van der Waals surface area contributed by atoms with Crippen molar-refractivity contribution in [3.63, 3.8) is 0 Å². The summed E-state index contributed by atoms with van der Waals surface area (Å²) in [4.78, 5) is 4.84. The van der Waals surface area contributed by atoms with Crippen LogP contribution in [0.3, 0.4) is 0 Å². The van der Waals surface area contributed by atoms with Crippen LogP contribution in [0.2, 0.25) is 0 Å². The third-order valence-electron chi connectivity index (χ3n) is 13.5. The number of benzene rings is 9. The molecule has 3 unspecified atom stereocenters. The summed E-state index contributed by atoms with van der Waals surface area (Å²) in [6.07, 6.45) is 5.58. The van der Waals surface area contributed by atoms with Crippen molar-refractivity contribution >= 4 is 77.6 Å². The highest BCUT2D eigenvalue weighted by atomic mass is 16.3. The normalized spacial score (nSPS) is 17.2. The molecule has 0 saturated heterocycles. The van der Waals surface area contributed by atoms with Crippen molar-refractivity contribution in [2.45, 2.75) is 31.6 Å². The van der Waals surface area contributed by atoms with Crippen molar-refractivity contribution < 1.29 is 4.42 Å². The summed E-state index contributed by atoms with van der Waals surface area (Å²) in [5.74, 6) is 2.48. The molecule has 3 nitrogen and oxygen atoms in total. The van der Waals surface area contributed by atoms with Crippen LogP contribution in [-0.4, -0.2) is 0 Å². The van der Waals surface area contributed by atoms with Crippen molar-refractivity contribution in [1.29, 1.82) is 0 Å². The molecule has 1 heterocycles. The standard InChI is InChI=1S/C57H44N2O/c1-3-14-43(15-4-1)58(44-16-5-2-6-17-44)45-29-31-49-52(36-45)47-18-8-7-13-41(47)35-55(49)59(46-30-32-57-53(37-46)50-20-10-12-22-56(50)60-57)54-21-11-9-19-48(54)39-25-27-40(28-26-39)51-34-38-23-24-42(51)33-38/h1-22,25-32,35-38,42,51H,23-24,33-34H2. The lowest BCUT2D eigenvalue weighted by atomic mass is 9.83. The average molecular weight is 773 g/mol. The van der Waals surface area contributed by atoms with Crippen LogP contribution in [-0.2, 0) is 0 Å². The van der Waals surface area contributed by atoms with E-state index in [1.165, 1.54) is 63.9 Å². The summed E-state index contributed by atoms with van der Waals surface area (Å²) in [5.41, 5.74) is 12.4. The zero-order chi connectivity index (χ0) is 39.6. The first-order chi connectivity index (χ1) is 29.7. The molecule has 0 radical (unpaired) electrons. The van der Waals surface area contributed by atoms with Gasteiger partial charge in [-0.15, -0.1) is 0 Å². The van der Waals surface area contributed by atoms with Gasteiger partial charge in [-0.25, -0.2) is 0 Å². The van der Waals surface area contributed by atoms with E-state index in [4.69, 9.17) is 4.42 Å². The van der Waals surface area contributed by atoms with E-state index in [1.807, 2.05) is 6.07 Å². The Morgan fingerprint density at radius 2 is 1.05 bits per heavy atom. The lowest BCUT2D eigenvalue weighted by Gasteiger charge is -2.30. The number of anilines is 6. The number of fused-ring (bicyclic) bond motifs is 8. The lowest BCUT2D eigenvalue weighted by molar-refractivity contribution is 0.420. The topological polar surface area (TPSA) is 19.6 Å². The Balaban J connectivity index is 1.08. The molecule has 2 bridgehead atoms. The van der Waals surface area contributed by atoms with Gasteiger partial charge in [0.1, 0.15) is 11.2 Å². The first-order valence-electron chi connectivity index (χ1n) is 21.5. The minimum Gasteiger partial charge on any atom is -0.456 e. The van der Waals surface area contributed by atoms with Crippen molar-refractivity contribution in [3.8, 4) is 11.1 Å². The van der Waals surface area contributed by atoms with Crippen molar-refractivity contribution in [2.24, 2.45) is 11.8 Å². The molecular formula is C57H44N2O. The molecule has 3 atom stereocenters. The predicted octanol–water partition coefficient (Wildman–Crippen LogP) is 16.4. The number of hydrogen-bond acceptors (Lipinski definition) is 3. The molecule has 60 heavy (non-hydrogen) atoms. The maximum Gasteiger partial charge on any atom is 0.135 e. The molecule has 10 aromatic rings. The molecule has 12 rings (SSSR count). The summed E-state index contributed by atoms with van der Waals surface area (Å²) in [6.45, 7) is 0. The number of para-hydroxylation sites is 4. The van der Waals surface area contributed by atoms with E-state index >= 15 is 0 Å². The summed E-state index contributed by atoms with van der Waals surface area (Å²) in [6, 6.07) is 73.1. The molecule has 2 fully saturated rings. The zero-order valence-corrected chi connectivity index (χ0v) is 33.4. The highest BCUT2D eigenvalue weighted by Gasteiger charge is 2.40. The van der Waals surface area contributed by atoms with Crippen LogP contribution in [0.5, 0.6) is 0 Å². The SMILES string of the molecule is c1ccc(N(c2ccccc2)c2ccc3c(N(c4ccc5oc6ccccc6c5c4)c4ccccc4-c4ccc(C5CC6CCC5C6)cc4)cc4ccccc4c3c2)cc1. The average Bonchev–Trinajstić information content (AvgIpc) is 4.06. The molecule has 2 saturated carbocycles. The van der Waals surface area contributed by atoms with Gasteiger partial charge in [0, 0.05) is 44.5 Å². The highest BCUT2D eigenvalue weighted by molar-refractivity contribution is 6.16. The molecule has 3 heteroatoms. The van der Waals surface area contributed by atoms with Crippen molar-refractivity contribution in [2.75, 3.05) is 9.80 Å². The van der Waals surface area contributed by atoms with E-state index in [9.17, 15) is 0 Å². The van der Waals surface area contributed by atoms with E-state index in [1.54, 1.807) is 0 Å². The fourth-order valence-corrected chi connectivity index (χ4v) is 10.7. The Hall–Kier alpha value is -7.10. The van der Waals surface area contributed by atoms with Crippen LogP contribution in [0.1, 0.15) is 37.2 Å². The molecule has 1 aromatic heterocycles. The highest BCUT2D eigenvalue weighted by Crippen LogP contribution is 2.53. The number of nitrogens with zero attached hydrogens (tertiary/aromatic N) is 2. The van der Waals surface area contributed by atoms with Gasteiger partial charge in [-0.3, -0.25) is 0 Å². The van der Waals surface area contributed by atoms with E-state index in [2.05, 4.69) is 204 Å². The van der Waals surface area contributed by atoms with Gasteiger partial charge in [-0.05, 0) is 137 Å². The first kappa shape index (κ1) is 34.9. The summed E-state index contributed by atoms with van der Waals surface area (Å²) in [5, 5.41) is 7.01. The largest absolute Gasteiger partial charge is 0.456 e. The van der Waals surface area contributed by atoms with Gasteiger partial charge < -0.3 is 14.2 Å². The molecule has 0 N–H and O–H groups in total. The van der Waals surface area contributed by atoms with Gasteiger partial charge in [0.15, 0.2) is 0 Å². The molecule has 0 spiro atoms. The Morgan fingerprint density at radius 3 is 1.82 bits per heavy atom. The van der Waals surface area contributed by atoms with Gasteiger partial charge in [-0.2, -0.15) is 0 Å². The lowest BCUT2D eigenvalue weighted by Crippen LogP contribution is -2.13. The Labute approximate surface area is 350 Å². The second-order valence-corrected chi connectivity index (χ2v) is 16.9. The van der Waals surface area contributed by atoms with Crippen LogP contribution in [0.25, 0.3) is 54.6 Å². The molecule has 9 aromatic carbocycles. The fourth-order valence-electron chi connectivity index (χ4n) is 10.7. The van der Waals surface area contributed by atoms with Crippen LogP contribution >= 0.6 is 0 Å². The minimum atomic E-state index is 0.703. The predicted molar refractivity (Wildman–Crippen MR) is 252 cm³/mol. The Bertz CT molecular complexity index is 3150. The van der Waals surface area contributed by atoms with Gasteiger partial charge >= 0.3 is 0 Å². The molecule has 0 aliphatic heterocycles. The molecule has 288 valence electrons. The number of furan rings is 1. The minimum absolute atomic E-state index is 0.703. The van der Waals surface area contributed by atoms with Crippen LogP contribution in [0, 0.1) is 11.8 Å². The van der Waals surface area contributed by atoms with Crippen LogP contribution in [0.4, 0.5) is 34.1 Å². The first-order valence-corrected chi connectivity index (χ1v) is 21.5. The van der Waals surface area contributed by atoms with Crippen molar-refractivity contribution in [1.82, 2.24) is 0 Å². The van der Waals surface area contributed by atoms with Gasteiger partial charge in [0.2, 0.25) is 0 Å². The second-order valence-electron chi connectivity index (χ2n) is 16.9. The maximum absolute atomic E-state index is 6.38. The molecule has 2 aliphatic rings. The van der Waals surface area contributed by atoms with E-state index < -0.39 is 0 Å². The number of rotatable bonds is 8. The van der Waals surface area contributed by atoms with Crippen molar-refractivity contribution in [3.05, 3.63) is 206 Å². The van der Waals surface area contributed by atoms with Crippen LogP contribution in [0.15, 0.2) is 205 Å². The number of hydrogen-bond donors (Lipinski definition) is 0. The van der Waals surface area contributed by atoms with Gasteiger partial charge in [-0.1, -0.05) is 134 Å². The summed E-state index contributed by atoms with van der Waals surface area (Å²) in [7, 11) is 0. The molecule has 0 amide bonds. The Morgan fingerprint density at radius 1 is 0.400 bits per heavy atom. The third kappa shape index (κ3) is 5.87. The Kier molecular flexibility index (Phi) is 8.33. The van der Waals surface area contributed by atoms with Gasteiger partial charge in [0.25, 0.3) is 0 Å². The van der Waals surface area contributed by atoms with E-state index in [0.717, 1.165) is 67.9 Å². The smallest absolute Gasteiger partial charge is 0.135 e. The summed E-state index contributed by atoms with van der Waals surface area (Å²) >= 11 is 0. The maximum atomic E-state index is 6.38. The zero-order valence-electron chi connectivity index (χ0n) is 33.4. The van der Waals surface area contributed by atoms with E-state index in [-0.39, 0.29) is 0 Å². The molecular weight excluding hydrogens is 729 g/mol. The second kappa shape index (κ2) is 14.3. The quantitative estimate of drug-likeness (QED) is 0.143. The van der Waals surface area contributed by atoms with Crippen LogP contribution < -0.4 is 9.80 Å². The fraction of sp³-hybridized carbons (Fsp3) is 0.123. The summed E-state index contributed by atoms with van der Waals surface area (Å²) < 4.78 is 6.38. The van der Waals surface area contributed by atoms with Gasteiger partial charge in [0.05, 0.1) is 11.4 Å².